The van der Waals surface area contributed by atoms with Crippen LogP contribution in [-0.2, 0) is 16.6 Å². The number of amides is 1. The molecule has 0 radical (unpaired) electrons. The van der Waals surface area contributed by atoms with E-state index >= 15 is 0 Å². The standard InChI is InChI=1S/C27H25ClN2O4S/c1-35(32,33)30(25-11-6-8-21-7-2-3-9-23(21)25)19-20-13-15-22(16-14-20)27(31)29-17-18-34-26-12-5-4-10-24(26)28/h2-16H,17-19H2,1H3,(H,29,31). The number of carbonyl (C=O) groups excluding carboxylic acids is 1. The lowest BCUT2D eigenvalue weighted by molar-refractivity contribution is 0.0947. The van der Waals surface area contributed by atoms with Crippen molar-refractivity contribution >= 4 is 44.0 Å². The van der Waals surface area contributed by atoms with E-state index in [9.17, 15) is 13.2 Å². The first kappa shape index (κ1) is 24.6. The number of sulfonamides is 1. The molecule has 8 heteroatoms. The maximum Gasteiger partial charge on any atom is 0.251 e. The van der Waals surface area contributed by atoms with Crippen molar-refractivity contribution in [1.82, 2.24) is 5.32 Å². The smallest absolute Gasteiger partial charge is 0.251 e. The lowest BCUT2D eigenvalue weighted by Gasteiger charge is -2.24. The number of nitrogens with one attached hydrogen (secondary N) is 1. The van der Waals surface area contributed by atoms with Crippen LogP contribution in [0.15, 0.2) is 91.0 Å². The van der Waals surface area contributed by atoms with Gasteiger partial charge in [-0.15, -0.1) is 0 Å². The monoisotopic (exact) mass is 508 g/mol. The van der Waals surface area contributed by atoms with Crippen molar-refractivity contribution in [2.24, 2.45) is 0 Å². The Morgan fingerprint density at radius 3 is 2.34 bits per heavy atom. The molecule has 4 aromatic carbocycles. The molecule has 0 atom stereocenters. The van der Waals surface area contributed by atoms with E-state index in [1.807, 2.05) is 48.5 Å². The summed E-state index contributed by atoms with van der Waals surface area (Å²) in [5, 5.41) is 5.14. The lowest BCUT2D eigenvalue weighted by Crippen LogP contribution is -2.30. The van der Waals surface area contributed by atoms with Crippen molar-refractivity contribution in [3.63, 3.8) is 0 Å². The molecule has 0 spiro atoms. The Kier molecular flexibility index (Phi) is 7.58. The van der Waals surface area contributed by atoms with Gasteiger partial charge >= 0.3 is 0 Å². The normalized spacial score (nSPS) is 11.3. The van der Waals surface area contributed by atoms with Crippen molar-refractivity contribution < 1.29 is 17.9 Å². The average molecular weight is 509 g/mol. The number of para-hydroxylation sites is 1. The van der Waals surface area contributed by atoms with Crippen LogP contribution in [0, 0.1) is 0 Å². The van der Waals surface area contributed by atoms with E-state index in [1.54, 1.807) is 42.5 Å². The molecular formula is C27H25ClN2O4S. The first-order chi connectivity index (χ1) is 16.8. The molecule has 0 aliphatic carbocycles. The molecule has 180 valence electrons. The van der Waals surface area contributed by atoms with Gasteiger partial charge in [0.1, 0.15) is 12.4 Å². The molecule has 1 amide bonds. The molecule has 0 aromatic heterocycles. The van der Waals surface area contributed by atoms with Gasteiger partial charge in [-0.25, -0.2) is 8.42 Å². The number of halogens is 1. The Balaban J connectivity index is 1.41. The fraction of sp³-hybridized carbons (Fsp3) is 0.148. The first-order valence-electron chi connectivity index (χ1n) is 11.0. The lowest BCUT2D eigenvalue weighted by atomic mass is 10.1. The summed E-state index contributed by atoms with van der Waals surface area (Å²) in [5.41, 5.74) is 1.86. The minimum absolute atomic E-state index is 0.153. The molecule has 0 saturated carbocycles. The first-order valence-corrected chi connectivity index (χ1v) is 13.3. The highest BCUT2D eigenvalue weighted by Crippen LogP contribution is 2.30. The van der Waals surface area contributed by atoms with Crippen molar-refractivity contribution in [2.75, 3.05) is 23.7 Å². The predicted molar refractivity (Wildman–Crippen MR) is 141 cm³/mol. The number of benzene rings is 4. The van der Waals surface area contributed by atoms with Gasteiger partial charge in [0.05, 0.1) is 30.1 Å². The van der Waals surface area contributed by atoms with Crippen LogP contribution < -0.4 is 14.4 Å². The van der Waals surface area contributed by atoms with E-state index < -0.39 is 10.0 Å². The van der Waals surface area contributed by atoms with E-state index in [0.29, 0.717) is 28.6 Å². The fourth-order valence-corrected chi connectivity index (χ4v) is 4.81. The molecule has 0 fully saturated rings. The van der Waals surface area contributed by atoms with Crippen LogP contribution in [0.2, 0.25) is 5.02 Å². The fourth-order valence-electron chi connectivity index (χ4n) is 3.72. The molecule has 0 aliphatic heterocycles. The third-order valence-electron chi connectivity index (χ3n) is 5.46. The number of nitrogens with zero attached hydrogens (tertiary/aromatic N) is 1. The maximum absolute atomic E-state index is 12.7. The van der Waals surface area contributed by atoms with Crippen molar-refractivity contribution in [3.05, 3.63) is 107 Å². The molecule has 4 rings (SSSR count). The zero-order valence-electron chi connectivity index (χ0n) is 19.1. The van der Waals surface area contributed by atoms with Gasteiger partial charge in [-0.3, -0.25) is 9.10 Å². The zero-order chi connectivity index (χ0) is 24.8. The summed E-state index contributed by atoms with van der Waals surface area (Å²) in [4.78, 5) is 12.5. The number of hydrogen-bond donors (Lipinski definition) is 1. The van der Waals surface area contributed by atoms with Crippen molar-refractivity contribution in [2.45, 2.75) is 6.54 Å². The Morgan fingerprint density at radius 1 is 0.914 bits per heavy atom. The number of anilines is 1. The van der Waals surface area contributed by atoms with Crippen LogP contribution >= 0.6 is 11.6 Å². The zero-order valence-corrected chi connectivity index (χ0v) is 20.7. The van der Waals surface area contributed by atoms with Gasteiger partial charge in [0.25, 0.3) is 5.91 Å². The highest BCUT2D eigenvalue weighted by molar-refractivity contribution is 7.92. The second-order valence-electron chi connectivity index (χ2n) is 8.00. The summed E-state index contributed by atoms with van der Waals surface area (Å²) in [5.74, 6) is 0.322. The SMILES string of the molecule is CS(=O)(=O)N(Cc1ccc(C(=O)NCCOc2ccccc2Cl)cc1)c1cccc2ccccc12. The third-order valence-corrected chi connectivity index (χ3v) is 6.90. The molecule has 0 heterocycles. The second kappa shape index (κ2) is 10.8. The van der Waals surface area contributed by atoms with Crippen molar-refractivity contribution in [1.29, 1.82) is 0 Å². The van der Waals surface area contributed by atoms with Crippen LogP contribution in [0.25, 0.3) is 10.8 Å². The predicted octanol–water partition coefficient (Wildman–Crippen LogP) is 5.27. The van der Waals surface area contributed by atoms with E-state index in [-0.39, 0.29) is 19.1 Å². The van der Waals surface area contributed by atoms with Gasteiger partial charge in [0.15, 0.2) is 0 Å². The molecule has 4 aromatic rings. The number of fused-ring (bicyclic) bond motifs is 1. The van der Waals surface area contributed by atoms with E-state index in [1.165, 1.54) is 10.6 Å². The van der Waals surface area contributed by atoms with E-state index in [4.69, 9.17) is 16.3 Å². The largest absolute Gasteiger partial charge is 0.490 e. The number of hydrogen-bond acceptors (Lipinski definition) is 4. The Labute approximate surface area is 210 Å². The van der Waals surface area contributed by atoms with Gasteiger partial charge in [-0.2, -0.15) is 0 Å². The molecule has 0 unspecified atom stereocenters. The maximum atomic E-state index is 12.7. The molecule has 0 aliphatic rings. The summed E-state index contributed by atoms with van der Waals surface area (Å²) in [6.07, 6.45) is 1.20. The summed E-state index contributed by atoms with van der Waals surface area (Å²) < 4.78 is 32.3. The summed E-state index contributed by atoms with van der Waals surface area (Å²) in [7, 11) is -3.54. The highest BCUT2D eigenvalue weighted by Gasteiger charge is 2.20. The van der Waals surface area contributed by atoms with E-state index in [0.717, 1.165) is 16.3 Å². The van der Waals surface area contributed by atoms with Crippen LogP contribution in [0.4, 0.5) is 5.69 Å². The van der Waals surface area contributed by atoms with Gasteiger partial charge in [0, 0.05) is 10.9 Å². The summed E-state index contributed by atoms with van der Waals surface area (Å²) in [6, 6.07) is 27.3. The van der Waals surface area contributed by atoms with Crippen LogP contribution in [-0.4, -0.2) is 33.7 Å². The quantitative estimate of drug-likeness (QED) is 0.312. The van der Waals surface area contributed by atoms with Crippen LogP contribution in [0.3, 0.4) is 0 Å². The summed E-state index contributed by atoms with van der Waals surface area (Å²) in [6.45, 7) is 0.747. The molecule has 0 saturated heterocycles. The number of ether oxygens (including phenoxy) is 1. The van der Waals surface area contributed by atoms with Crippen LogP contribution in [0.5, 0.6) is 5.75 Å². The number of carbonyl (C=O) groups is 1. The minimum Gasteiger partial charge on any atom is -0.490 e. The van der Waals surface area contributed by atoms with Gasteiger partial charge in [0.2, 0.25) is 10.0 Å². The van der Waals surface area contributed by atoms with Crippen molar-refractivity contribution in [3.8, 4) is 5.75 Å². The number of rotatable bonds is 9. The topological polar surface area (TPSA) is 75.7 Å². The minimum atomic E-state index is -3.54. The highest BCUT2D eigenvalue weighted by atomic mass is 35.5. The molecule has 35 heavy (non-hydrogen) atoms. The third kappa shape index (κ3) is 6.12. The molecule has 6 nitrogen and oxygen atoms in total. The average Bonchev–Trinajstić information content (AvgIpc) is 2.85. The Morgan fingerprint density at radius 2 is 1.60 bits per heavy atom. The molecular weight excluding hydrogens is 484 g/mol. The molecule has 1 N–H and O–H groups in total. The van der Waals surface area contributed by atoms with Gasteiger partial charge in [-0.05, 0) is 41.3 Å². The van der Waals surface area contributed by atoms with Crippen LogP contribution in [0.1, 0.15) is 15.9 Å². The van der Waals surface area contributed by atoms with Gasteiger partial charge < -0.3 is 10.1 Å². The molecule has 0 bridgehead atoms. The summed E-state index contributed by atoms with van der Waals surface area (Å²) >= 11 is 6.05. The second-order valence-corrected chi connectivity index (χ2v) is 10.3. The Hall–Kier alpha value is -3.55. The Bertz CT molecular complexity index is 1430. The van der Waals surface area contributed by atoms with Gasteiger partial charge in [-0.1, -0.05) is 72.3 Å². The van der Waals surface area contributed by atoms with E-state index in [2.05, 4.69) is 5.32 Å².